The number of thiocarbonyl (C=S) groups is 1. The van der Waals surface area contributed by atoms with Crippen molar-refractivity contribution in [2.75, 3.05) is 18.5 Å². The fraction of sp³-hybridized carbons (Fsp3) is 0.192. The first-order valence-electron chi connectivity index (χ1n) is 11.0. The number of ether oxygens (including phenoxy) is 1. The van der Waals surface area contributed by atoms with Crippen LogP contribution < -0.4 is 20.7 Å². The molecule has 182 valence electrons. The molecule has 3 aromatic rings. The van der Waals surface area contributed by atoms with Gasteiger partial charge in [-0.05, 0) is 61.0 Å². The number of rotatable bonds is 10. The number of benzene rings is 3. The van der Waals surface area contributed by atoms with E-state index in [1.807, 2.05) is 30.3 Å². The van der Waals surface area contributed by atoms with E-state index in [9.17, 15) is 9.59 Å². The summed E-state index contributed by atoms with van der Waals surface area (Å²) in [7, 11) is 0. The first kappa shape index (κ1) is 26.5. The van der Waals surface area contributed by atoms with Crippen LogP contribution in [-0.2, 0) is 11.2 Å². The van der Waals surface area contributed by atoms with E-state index in [0.717, 1.165) is 12.0 Å². The minimum absolute atomic E-state index is 0.112. The number of hydrogen-bond acceptors (Lipinski definition) is 4. The average Bonchev–Trinajstić information content (AvgIpc) is 2.84. The number of halogens is 2. The maximum Gasteiger partial charge on any atom is 0.253 e. The summed E-state index contributed by atoms with van der Waals surface area (Å²) in [6.45, 7) is 0.808. The lowest BCUT2D eigenvalue weighted by molar-refractivity contribution is -0.119. The van der Waals surface area contributed by atoms with Gasteiger partial charge in [0.1, 0.15) is 5.75 Å². The molecule has 0 atom stereocenters. The Hall–Kier alpha value is -3.13. The lowest BCUT2D eigenvalue weighted by Crippen LogP contribution is -2.35. The number of nitrogens with one attached hydrogen (secondary N) is 3. The average molecular weight is 530 g/mol. The van der Waals surface area contributed by atoms with E-state index in [1.165, 1.54) is 0 Å². The van der Waals surface area contributed by atoms with E-state index in [1.54, 1.807) is 42.5 Å². The molecule has 2 amide bonds. The quantitative estimate of drug-likeness (QED) is 0.234. The molecule has 3 rings (SSSR count). The Morgan fingerprint density at radius 1 is 0.943 bits per heavy atom. The fourth-order valence-corrected chi connectivity index (χ4v) is 3.89. The van der Waals surface area contributed by atoms with E-state index >= 15 is 0 Å². The lowest BCUT2D eigenvalue weighted by atomic mass is 10.1. The predicted octanol–water partition coefficient (Wildman–Crippen LogP) is 5.64. The number of carbonyl (C=O) groups is 2. The highest BCUT2D eigenvalue weighted by atomic mass is 35.5. The summed E-state index contributed by atoms with van der Waals surface area (Å²) >= 11 is 17.2. The molecule has 0 aliphatic carbocycles. The molecule has 35 heavy (non-hydrogen) atoms. The molecule has 0 radical (unpaired) electrons. The number of hydrogen-bond donors (Lipinski definition) is 3. The van der Waals surface area contributed by atoms with Crippen molar-refractivity contribution >= 4 is 58.0 Å². The van der Waals surface area contributed by atoms with Crippen LogP contribution in [0.4, 0.5) is 5.69 Å². The van der Waals surface area contributed by atoms with Crippen LogP contribution >= 0.6 is 35.4 Å². The molecule has 3 aromatic carbocycles. The van der Waals surface area contributed by atoms with Crippen molar-refractivity contribution in [3.63, 3.8) is 0 Å². The summed E-state index contributed by atoms with van der Waals surface area (Å²) in [5.41, 5.74) is 2.09. The maximum absolute atomic E-state index is 12.7. The van der Waals surface area contributed by atoms with Crippen LogP contribution in [0.15, 0.2) is 72.8 Å². The molecule has 0 saturated heterocycles. The van der Waals surface area contributed by atoms with E-state index in [-0.39, 0.29) is 23.3 Å². The summed E-state index contributed by atoms with van der Waals surface area (Å²) in [6.07, 6.45) is 1.40. The van der Waals surface area contributed by atoms with Crippen LogP contribution in [0.1, 0.15) is 28.8 Å². The van der Waals surface area contributed by atoms with E-state index < -0.39 is 0 Å². The third-order valence-corrected chi connectivity index (χ3v) is 5.65. The Morgan fingerprint density at radius 3 is 2.46 bits per heavy atom. The van der Waals surface area contributed by atoms with Gasteiger partial charge >= 0.3 is 0 Å². The molecule has 0 unspecified atom stereocenters. The topological polar surface area (TPSA) is 79.5 Å². The number of para-hydroxylation sites is 1. The fourth-order valence-electron chi connectivity index (χ4n) is 3.20. The largest absolute Gasteiger partial charge is 0.492 e. The second-order valence-electron chi connectivity index (χ2n) is 7.57. The minimum Gasteiger partial charge on any atom is -0.492 e. The van der Waals surface area contributed by atoms with Gasteiger partial charge in [0.15, 0.2) is 5.11 Å². The van der Waals surface area contributed by atoms with Gasteiger partial charge in [0.05, 0.1) is 22.9 Å². The van der Waals surface area contributed by atoms with Gasteiger partial charge in [-0.2, -0.15) is 0 Å². The molecular formula is C26H25Cl2N3O3S. The Bertz CT molecular complexity index is 1180. The van der Waals surface area contributed by atoms with Gasteiger partial charge in [0.25, 0.3) is 5.91 Å². The highest BCUT2D eigenvalue weighted by Crippen LogP contribution is 2.27. The van der Waals surface area contributed by atoms with Crippen molar-refractivity contribution < 1.29 is 14.3 Å². The van der Waals surface area contributed by atoms with Gasteiger partial charge in [-0.15, -0.1) is 0 Å². The van der Waals surface area contributed by atoms with Crippen LogP contribution in [0.25, 0.3) is 0 Å². The van der Waals surface area contributed by atoms with Gasteiger partial charge < -0.3 is 20.7 Å². The standard InChI is InChI=1S/C26H25Cl2N3O3S/c27-19-12-13-23(21(28)17-19)34-16-6-11-24(32)31-26(35)30-22-10-5-4-9-20(22)25(33)29-15-14-18-7-2-1-3-8-18/h1-5,7-10,12-13,17H,6,11,14-16H2,(H,29,33)(H2,30,31,32,35). The number of anilines is 1. The van der Waals surface area contributed by atoms with Crippen LogP contribution in [0.3, 0.4) is 0 Å². The molecule has 6 nitrogen and oxygen atoms in total. The van der Waals surface area contributed by atoms with Crippen molar-refractivity contribution in [1.29, 1.82) is 0 Å². The second-order valence-corrected chi connectivity index (χ2v) is 8.82. The maximum atomic E-state index is 12.7. The molecular weight excluding hydrogens is 505 g/mol. The van der Waals surface area contributed by atoms with Gasteiger partial charge in [0.2, 0.25) is 5.91 Å². The van der Waals surface area contributed by atoms with Crippen molar-refractivity contribution in [2.45, 2.75) is 19.3 Å². The van der Waals surface area contributed by atoms with Gasteiger partial charge in [-0.3, -0.25) is 9.59 Å². The Kier molecular flexibility index (Phi) is 10.3. The molecule has 0 bridgehead atoms. The third-order valence-electron chi connectivity index (χ3n) is 4.91. The molecule has 0 aliphatic heterocycles. The molecule has 0 saturated carbocycles. The monoisotopic (exact) mass is 529 g/mol. The molecule has 0 aromatic heterocycles. The summed E-state index contributed by atoms with van der Waals surface area (Å²) < 4.78 is 5.58. The molecule has 9 heteroatoms. The highest BCUT2D eigenvalue weighted by molar-refractivity contribution is 7.80. The van der Waals surface area contributed by atoms with Crippen molar-refractivity contribution in [3.8, 4) is 5.75 Å². The predicted molar refractivity (Wildman–Crippen MR) is 144 cm³/mol. The van der Waals surface area contributed by atoms with Gasteiger partial charge in [-0.1, -0.05) is 65.7 Å². The first-order chi connectivity index (χ1) is 16.9. The van der Waals surface area contributed by atoms with E-state index in [4.69, 9.17) is 40.2 Å². The summed E-state index contributed by atoms with van der Waals surface area (Å²) in [4.78, 5) is 24.9. The van der Waals surface area contributed by atoms with Gasteiger partial charge in [0, 0.05) is 18.0 Å². The van der Waals surface area contributed by atoms with Crippen molar-refractivity contribution in [3.05, 3.63) is 94.0 Å². The smallest absolute Gasteiger partial charge is 0.253 e. The van der Waals surface area contributed by atoms with Crippen LogP contribution in [-0.4, -0.2) is 30.1 Å². The third kappa shape index (κ3) is 8.87. The van der Waals surface area contributed by atoms with E-state index in [2.05, 4.69) is 16.0 Å². The van der Waals surface area contributed by atoms with Crippen LogP contribution in [0.2, 0.25) is 10.0 Å². The molecule has 0 heterocycles. The normalized spacial score (nSPS) is 10.3. The number of amides is 2. The summed E-state index contributed by atoms with van der Waals surface area (Å²) in [5, 5.41) is 9.53. The highest BCUT2D eigenvalue weighted by Gasteiger charge is 2.13. The Labute approximate surface area is 220 Å². The summed E-state index contributed by atoms with van der Waals surface area (Å²) in [5.74, 6) is 0.0153. The van der Waals surface area contributed by atoms with Crippen molar-refractivity contribution in [2.24, 2.45) is 0 Å². The Morgan fingerprint density at radius 2 is 1.69 bits per heavy atom. The van der Waals surface area contributed by atoms with Gasteiger partial charge in [-0.25, -0.2) is 0 Å². The zero-order valence-electron chi connectivity index (χ0n) is 18.9. The zero-order valence-corrected chi connectivity index (χ0v) is 21.2. The minimum atomic E-state index is -0.266. The Balaban J connectivity index is 1.42. The lowest BCUT2D eigenvalue weighted by Gasteiger charge is -2.14. The molecule has 0 aliphatic rings. The SMILES string of the molecule is O=C(CCCOc1ccc(Cl)cc1Cl)NC(=S)Nc1ccccc1C(=O)NCCc1ccccc1. The summed E-state index contributed by atoms with van der Waals surface area (Å²) in [6, 6.07) is 21.9. The number of carbonyl (C=O) groups excluding carboxylic acids is 2. The van der Waals surface area contributed by atoms with Crippen LogP contribution in [0, 0.1) is 0 Å². The zero-order chi connectivity index (χ0) is 25.0. The van der Waals surface area contributed by atoms with Crippen molar-refractivity contribution in [1.82, 2.24) is 10.6 Å². The second kappa shape index (κ2) is 13.7. The molecule has 0 spiro atoms. The van der Waals surface area contributed by atoms with E-state index in [0.29, 0.717) is 46.6 Å². The molecule has 3 N–H and O–H groups in total. The van der Waals surface area contributed by atoms with Crippen LogP contribution in [0.5, 0.6) is 5.75 Å². The first-order valence-corrected chi connectivity index (χ1v) is 12.2. The molecule has 0 fully saturated rings.